The number of aromatic nitrogens is 1. The number of oxazole rings is 1. The molecular formula is C12H8Cl2N4O2. The Labute approximate surface area is 124 Å². The fourth-order valence-electron chi connectivity index (χ4n) is 1.36. The molecule has 6 nitrogen and oxygen atoms in total. The number of carbonyl (C=O) groups is 1. The molecule has 0 saturated carbocycles. The van der Waals surface area contributed by atoms with E-state index < -0.39 is 10.7 Å². The van der Waals surface area contributed by atoms with Crippen molar-refractivity contribution in [1.82, 2.24) is 10.4 Å². The number of benzene rings is 1. The van der Waals surface area contributed by atoms with E-state index in [1.54, 1.807) is 12.1 Å². The first kappa shape index (κ1) is 14.2. The lowest BCUT2D eigenvalue weighted by Gasteiger charge is -2.05. The van der Waals surface area contributed by atoms with Gasteiger partial charge in [-0.2, -0.15) is 10.2 Å². The molecule has 0 aliphatic carbocycles. The SMILES string of the molecule is N#Cc1nc(-c2ccccc2)oc1NNC(=O)C(Cl)Cl. The van der Waals surface area contributed by atoms with Gasteiger partial charge in [-0.1, -0.05) is 41.4 Å². The highest BCUT2D eigenvalue weighted by atomic mass is 35.5. The van der Waals surface area contributed by atoms with Crippen molar-refractivity contribution in [2.45, 2.75) is 4.84 Å². The van der Waals surface area contributed by atoms with E-state index in [-0.39, 0.29) is 17.5 Å². The molecule has 0 aliphatic heterocycles. The maximum absolute atomic E-state index is 11.2. The molecule has 20 heavy (non-hydrogen) atoms. The summed E-state index contributed by atoms with van der Waals surface area (Å²) in [6.07, 6.45) is 0. The topological polar surface area (TPSA) is 90.9 Å². The lowest BCUT2D eigenvalue weighted by Crippen LogP contribution is -2.33. The van der Waals surface area contributed by atoms with Crippen molar-refractivity contribution in [3.05, 3.63) is 36.0 Å². The molecule has 102 valence electrons. The molecule has 1 aromatic carbocycles. The summed E-state index contributed by atoms with van der Waals surface area (Å²) < 4.78 is 5.38. The molecule has 1 heterocycles. The molecule has 2 N–H and O–H groups in total. The van der Waals surface area contributed by atoms with E-state index in [4.69, 9.17) is 32.9 Å². The minimum absolute atomic E-state index is 0.00449. The first-order chi connectivity index (χ1) is 9.61. The molecule has 2 aromatic rings. The van der Waals surface area contributed by atoms with E-state index >= 15 is 0 Å². The van der Waals surface area contributed by atoms with Crippen molar-refractivity contribution in [3.63, 3.8) is 0 Å². The fourth-order valence-corrected chi connectivity index (χ4v) is 1.47. The van der Waals surface area contributed by atoms with Crippen molar-refractivity contribution >= 4 is 35.0 Å². The number of nitrogens with zero attached hydrogens (tertiary/aromatic N) is 2. The molecule has 0 unspecified atom stereocenters. The van der Waals surface area contributed by atoms with Gasteiger partial charge >= 0.3 is 0 Å². The molecule has 0 fully saturated rings. The molecule has 0 aliphatic rings. The number of nitrogens with one attached hydrogen (secondary N) is 2. The zero-order valence-electron chi connectivity index (χ0n) is 9.93. The van der Waals surface area contributed by atoms with Gasteiger partial charge in [-0.15, -0.1) is 0 Å². The summed E-state index contributed by atoms with van der Waals surface area (Å²) in [4.78, 5) is 14.0. The maximum atomic E-state index is 11.2. The standard InChI is InChI=1S/C12H8Cl2N4O2/c13-9(14)10(19)17-18-12-8(6-15)16-11(20-12)7-4-2-1-3-5-7/h1-5,9,18H,(H,17,19). The Bertz CT molecular complexity index is 649. The summed E-state index contributed by atoms with van der Waals surface area (Å²) in [5, 5.41) is 8.98. The average Bonchev–Trinajstić information content (AvgIpc) is 2.88. The van der Waals surface area contributed by atoms with Crippen LogP contribution in [0.25, 0.3) is 11.5 Å². The first-order valence-electron chi connectivity index (χ1n) is 5.42. The Kier molecular flexibility index (Phi) is 4.45. The molecule has 0 saturated heterocycles. The summed E-state index contributed by atoms with van der Waals surface area (Å²) in [5.74, 6) is -0.407. The predicted molar refractivity (Wildman–Crippen MR) is 73.9 cm³/mol. The third kappa shape index (κ3) is 3.20. The van der Waals surface area contributed by atoms with Crippen molar-refractivity contribution in [3.8, 4) is 17.5 Å². The van der Waals surface area contributed by atoms with Gasteiger partial charge in [0.25, 0.3) is 11.8 Å². The molecule has 0 radical (unpaired) electrons. The van der Waals surface area contributed by atoms with Crippen LogP contribution in [0, 0.1) is 11.3 Å². The van der Waals surface area contributed by atoms with Gasteiger partial charge in [0.1, 0.15) is 6.07 Å². The van der Waals surface area contributed by atoms with Crippen LogP contribution in [0.2, 0.25) is 0 Å². The number of hydrazine groups is 1. The smallest absolute Gasteiger partial charge is 0.271 e. The zero-order chi connectivity index (χ0) is 14.5. The van der Waals surface area contributed by atoms with Gasteiger partial charge in [0.05, 0.1) is 0 Å². The number of anilines is 1. The Hall–Kier alpha value is -2.23. The van der Waals surface area contributed by atoms with Crippen LogP contribution < -0.4 is 10.9 Å². The normalized spacial score (nSPS) is 10.1. The summed E-state index contributed by atoms with van der Waals surface area (Å²) >= 11 is 10.7. The van der Waals surface area contributed by atoms with Gasteiger partial charge in [-0.05, 0) is 12.1 Å². The Morgan fingerprint density at radius 3 is 2.65 bits per heavy atom. The minimum Gasteiger partial charge on any atom is -0.417 e. The van der Waals surface area contributed by atoms with E-state index in [1.165, 1.54) is 0 Å². The molecule has 1 amide bonds. The van der Waals surface area contributed by atoms with Crippen molar-refractivity contribution in [2.24, 2.45) is 0 Å². The van der Waals surface area contributed by atoms with Gasteiger partial charge in [-0.25, -0.2) is 0 Å². The van der Waals surface area contributed by atoms with Gasteiger partial charge in [0.2, 0.25) is 11.6 Å². The number of hydrogen-bond donors (Lipinski definition) is 2. The van der Waals surface area contributed by atoms with Crippen LogP contribution in [-0.4, -0.2) is 15.7 Å². The predicted octanol–water partition coefficient (Wildman–Crippen LogP) is 2.46. The summed E-state index contributed by atoms with van der Waals surface area (Å²) in [6, 6.07) is 10.9. The number of amides is 1. The van der Waals surface area contributed by atoms with Crippen LogP contribution in [0.5, 0.6) is 0 Å². The van der Waals surface area contributed by atoms with Crippen LogP contribution in [0.4, 0.5) is 5.88 Å². The van der Waals surface area contributed by atoms with Crippen molar-refractivity contribution < 1.29 is 9.21 Å². The number of carbonyl (C=O) groups excluding carboxylic acids is 1. The van der Waals surface area contributed by atoms with Gasteiger partial charge in [-0.3, -0.25) is 15.6 Å². The first-order valence-corrected chi connectivity index (χ1v) is 6.29. The van der Waals surface area contributed by atoms with Crippen LogP contribution in [0.3, 0.4) is 0 Å². The lowest BCUT2D eigenvalue weighted by molar-refractivity contribution is -0.118. The molecule has 8 heteroatoms. The van der Waals surface area contributed by atoms with E-state index in [0.29, 0.717) is 5.56 Å². The molecule has 2 rings (SSSR count). The number of hydrogen-bond acceptors (Lipinski definition) is 5. The van der Waals surface area contributed by atoms with E-state index in [9.17, 15) is 4.79 Å². The number of rotatable bonds is 4. The quantitative estimate of drug-likeness (QED) is 0.668. The highest BCUT2D eigenvalue weighted by Crippen LogP contribution is 2.24. The van der Waals surface area contributed by atoms with Gasteiger partial charge in [0.15, 0.2) is 4.84 Å². The number of nitriles is 1. The summed E-state index contributed by atoms with van der Waals surface area (Å²) in [5.41, 5.74) is 5.32. The highest BCUT2D eigenvalue weighted by molar-refractivity contribution is 6.53. The maximum Gasteiger partial charge on any atom is 0.271 e. The van der Waals surface area contributed by atoms with Crippen molar-refractivity contribution in [1.29, 1.82) is 5.26 Å². The fraction of sp³-hybridized carbons (Fsp3) is 0.0833. The van der Waals surface area contributed by atoms with Crippen LogP contribution >= 0.6 is 23.2 Å². The summed E-state index contributed by atoms with van der Waals surface area (Å²) in [6.45, 7) is 0. The largest absolute Gasteiger partial charge is 0.417 e. The molecule has 1 aromatic heterocycles. The van der Waals surface area contributed by atoms with Crippen molar-refractivity contribution in [2.75, 3.05) is 5.43 Å². The van der Waals surface area contributed by atoms with Gasteiger partial charge in [0, 0.05) is 5.56 Å². The van der Waals surface area contributed by atoms with Crippen LogP contribution in [0.1, 0.15) is 5.69 Å². The number of alkyl halides is 2. The molecule has 0 atom stereocenters. The Morgan fingerprint density at radius 1 is 1.35 bits per heavy atom. The van der Waals surface area contributed by atoms with Crippen LogP contribution in [0.15, 0.2) is 34.7 Å². The number of halogens is 2. The monoisotopic (exact) mass is 310 g/mol. The van der Waals surface area contributed by atoms with E-state index in [1.807, 2.05) is 24.3 Å². The molecular weight excluding hydrogens is 303 g/mol. The molecule has 0 bridgehead atoms. The average molecular weight is 311 g/mol. The minimum atomic E-state index is -1.23. The lowest BCUT2D eigenvalue weighted by atomic mass is 10.2. The van der Waals surface area contributed by atoms with E-state index in [2.05, 4.69) is 15.8 Å². The second kappa shape index (κ2) is 6.28. The van der Waals surface area contributed by atoms with E-state index in [0.717, 1.165) is 0 Å². The summed E-state index contributed by atoms with van der Waals surface area (Å²) in [7, 11) is 0. The third-order valence-electron chi connectivity index (χ3n) is 2.25. The second-order valence-corrected chi connectivity index (χ2v) is 4.69. The second-order valence-electron chi connectivity index (χ2n) is 3.59. The molecule has 0 spiro atoms. The zero-order valence-corrected chi connectivity index (χ0v) is 11.4. The Morgan fingerprint density at radius 2 is 2.05 bits per heavy atom. The van der Waals surface area contributed by atoms with Crippen LogP contribution in [-0.2, 0) is 4.79 Å². The van der Waals surface area contributed by atoms with Gasteiger partial charge < -0.3 is 4.42 Å². The highest BCUT2D eigenvalue weighted by Gasteiger charge is 2.16. The Balaban J connectivity index is 2.20. The third-order valence-corrected chi connectivity index (χ3v) is 2.65.